The summed E-state index contributed by atoms with van der Waals surface area (Å²) >= 11 is 0. The van der Waals surface area contributed by atoms with Gasteiger partial charge in [-0.2, -0.15) is 5.26 Å². The quantitative estimate of drug-likeness (QED) is 0.785. The molecule has 25 heavy (non-hydrogen) atoms. The number of hydrogen-bond donors (Lipinski definition) is 2. The lowest BCUT2D eigenvalue weighted by Crippen LogP contribution is -2.43. The van der Waals surface area contributed by atoms with Crippen molar-refractivity contribution >= 4 is 11.8 Å². The minimum Gasteiger partial charge on any atom is -0.482 e. The third kappa shape index (κ3) is 5.62. The third-order valence-corrected chi connectivity index (χ3v) is 3.29. The van der Waals surface area contributed by atoms with E-state index in [2.05, 4.69) is 10.9 Å². The summed E-state index contributed by atoms with van der Waals surface area (Å²) in [5.74, 6) is -1.11. The Morgan fingerprint density at radius 3 is 2.48 bits per heavy atom. The van der Waals surface area contributed by atoms with E-state index in [4.69, 9.17) is 10.00 Å². The number of benzene rings is 2. The van der Waals surface area contributed by atoms with Crippen LogP contribution in [0.3, 0.4) is 0 Å². The van der Waals surface area contributed by atoms with Crippen LogP contribution in [0.2, 0.25) is 0 Å². The second-order valence-electron chi connectivity index (χ2n) is 5.08. The molecule has 7 heteroatoms. The van der Waals surface area contributed by atoms with E-state index in [1.54, 1.807) is 42.5 Å². The number of aryl methyl sites for hydroxylation is 1. The summed E-state index contributed by atoms with van der Waals surface area (Å²) < 4.78 is 18.7. The van der Waals surface area contributed by atoms with Crippen molar-refractivity contribution in [3.8, 4) is 11.8 Å². The van der Waals surface area contributed by atoms with E-state index in [0.717, 1.165) is 0 Å². The van der Waals surface area contributed by atoms with Gasteiger partial charge >= 0.3 is 0 Å². The van der Waals surface area contributed by atoms with Crippen molar-refractivity contribution in [1.29, 1.82) is 5.26 Å². The number of ether oxygens (including phenoxy) is 1. The van der Waals surface area contributed by atoms with Crippen LogP contribution < -0.4 is 15.6 Å². The van der Waals surface area contributed by atoms with E-state index < -0.39 is 11.8 Å². The monoisotopic (exact) mass is 341 g/mol. The molecule has 0 aromatic heterocycles. The molecule has 0 aliphatic rings. The van der Waals surface area contributed by atoms with Crippen LogP contribution in [0.5, 0.6) is 5.75 Å². The van der Waals surface area contributed by atoms with E-state index in [1.807, 2.05) is 6.07 Å². The highest BCUT2D eigenvalue weighted by Crippen LogP contribution is 2.16. The van der Waals surface area contributed by atoms with Gasteiger partial charge in [-0.05, 0) is 30.2 Å². The molecule has 2 N–H and O–H groups in total. The molecule has 0 unspecified atom stereocenters. The number of nitrogens with one attached hydrogen (secondary N) is 2. The standard InChI is InChI=1S/C18H16FN3O3/c19-15-7-3-1-5-13(15)9-10-17(23)21-22-18(24)12-25-16-8-4-2-6-14(16)11-20/h1-8H,9-10,12H2,(H,21,23)(H,22,24). The Morgan fingerprint density at radius 2 is 1.72 bits per heavy atom. The van der Waals surface area contributed by atoms with Crippen LogP contribution in [0.25, 0.3) is 0 Å². The van der Waals surface area contributed by atoms with Crippen molar-refractivity contribution in [1.82, 2.24) is 10.9 Å². The molecule has 2 aromatic rings. The molecule has 0 aliphatic carbocycles. The van der Waals surface area contributed by atoms with Crippen LogP contribution in [-0.4, -0.2) is 18.4 Å². The molecule has 0 radical (unpaired) electrons. The fraction of sp³-hybridized carbons (Fsp3) is 0.167. The van der Waals surface area contributed by atoms with Gasteiger partial charge in [0.15, 0.2) is 6.61 Å². The number of hydrazine groups is 1. The first-order chi connectivity index (χ1) is 12.1. The average molecular weight is 341 g/mol. The molecule has 0 spiro atoms. The maximum absolute atomic E-state index is 13.4. The van der Waals surface area contributed by atoms with Gasteiger partial charge < -0.3 is 4.74 Å². The van der Waals surface area contributed by atoms with Crippen molar-refractivity contribution < 1.29 is 18.7 Å². The molecule has 128 valence electrons. The van der Waals surface area contributed by atoms with Crippen LogP contribution in [0.15, 0.2) is 48.5 Å². The molecule has 2 aromatic carbocycles. The summed E-state index contributed by atoms with van der Waals surface area (Å²) in [7, 11) is 0. The SMILES string of the molecule is N#Cc1ccccc1OCC(=O)NNC(=O)CCc1ccccc1F. The fourth-order valence-corrected chi connectivity index (χ4v) is 2.02. The van der Waals surface area contributed by atoms with Gasteiger partial charge in [0, 0.05) is 6.42 Å². The smallest absolute Gasteiger partial charge is 0.276 e. The lowest BCUT2D eigenvalue weighted by Gasteiger charge is -2.09. The van der Waals surface area contributed by atoms with Crippen molar-refractivity contribution in [3.63, 3.8) is 0 Å². The summed E-state index contributed by atoms with van der Waals surface area (Å²) in [5.41, 5.74) is 5.17. The van der Waals surface area contributed by atoms with Crippen molar-refractivity contribution in [2.24, 2.45) is 0 Å². The van der Waals surface area contributed by atoms with E-state index in [-0.39, 0.29) is 31.0 Å². The van der Waals surface area contributed by atoms with Gasteiger partial charge in [0.25, 0.3) is 5.91 Å². The van der Waals surface area contributed by atoms with Gasteiger partial charge in [0.05, 0.1) is 5.56 Å². The number of amides is 2. The van der Waals surface area contributed by atoms with Crippen molar-refractivity contribution in [3.05, 3.63) is 65.5 Å². The molecule has 0 atom stereocenters. The maximum Gasteiger partial charge on any atom is 0.276 e. The summed E-state index contributed by atoms with van der Waals surface area (Å²) in [6.07, 6.45) is 0.250. The van der Waals surface area contributed by atoms with Gasteiger partial charge in [-0.15, -0.1) is 0 Å². The molecule has 0 aliphatic heterocycles. The zero-order valence-electron chi connectivity index (χ0n) is 13.3. The summed E-state index contributed by atoms with van der Waals surface area (Å²) in [4.78, 5) is 23.3. The molecule has 2 amide bonds. The van der Waals surface area contributed by atoms with E-state index in [0.29, 0.717) is 11.1 Å². The topological polar surface area (TPSA) is 91.2 Å². The van der Waals surface area contributed by atoms with Gasteiger partial charge in [0.1, 0.15) is 17.6 Å². The van der Waals surface area contributed by atoms with E-state index >= 15 is 0 Å². The Labute approximate surface area is 144 Å². The van der Waals surface area contributed by atoms with Crippen LogP contribution in [0.1, 0.15) is 17.5 Å². The maximum atomic E-state index is 13.4. The van der Waals surface area contributed by atoms with E-state index in [1.165, 1.54) is 6.07 Å². The highest BCUT2D eigenvalue weighted by molar-refractivity contribution is 5.82. The number of nitrogens with zero attached hydrogens (tertiary/aromatic N) is 1. The predicted molar refractivity (Wildman–Crippen MR) is 87.7 cm³/mol. The molecule has 0 saturated carbocycles. The first kappa shape index (κ1) is 17.9. The molecular formula is C18H16FN3O3. The van der Waals surface area contributed by atoms with Gasteiger partial charge in [0.2, 0.25) is 5.91 Å². The Hall–Kier alpha value is -3.40. The second kappa shape index (κ2) is 9.03. The number of para-hydroxylation sites is 1. The third-order valence-electron chi connectivity index (χ3n) is 3.29. The largest absolute Gasteiger partial charge is 0.482 e. The molecule has 0 saturated heterocycles. The Balaban J connectivity index is 1.72. The highest BCUT2D eigenvalue weighted by atomic mass is 19.1. The minimum absolute atomic E-state index is 0.0271. The van der Waals surface area contributed by atoms with Crippen LogP contribution in [-0.2, 0) is 16.0 Å². The Bertz CT molecular complexity index is 802. The number of halogens is 1. The fourth-order valence-electron chi connectivity index (χ4n) is 2.02. The molecule has 0 heterocycles. The summed E-state index contributed by atoms with van der Waals surface area (Å²) in [5, 5.41) is 8.92. The normalized spacial score (nSPS) is 9.76. The highest BCUT2D eigenvalue weighted by Gasteiger charge is 2.09. The number of nitriles is 1. The Kier molecular flexibility index (Phi) is 6.48. The van der Waals surface area contributed by atoms with Gasteiger partial charge in [-0.1, -0.05) is 30.3 Å². The average Bonchev–Trinajstić information content (AvgIpc) is 2.64. The van der Waals surface area contributed by atoms with Crippen LogP contribution in [0.4, 0.5) is 4.39 Å². The molecule has 0 bridgehead atoms. The molecular weight excluding hydrogens is 325 g/mol. The van der Waals surface area contributed by atoms with Gasteiger partial charge in [-0.3, -0.25) is 20.4 Å². The van der Waals surface area contributed by atoms with Crippen LogP contribution in [0, 0.1) is 17.1 Å². The lowest BCUT2D eigenvalue weighted by molar-refractivity contribution is -0.130. The zero-order valence-corrected chi connectivity index (χ0v) is 13.3. The first-order valence-corrected chi connectivity index (χ1v) is 7.53. The van der Waals surface area contributed by atoms with Crippen molar-refractivity contribution in [2.75, 3.05) is 6.61 Å². The predicted octanol–water partition coefficient (Wildman–Crippen LogP) is 1.86. The van der Waals surface area contributed by atoms with Gasteiger partial charge in [-0.25, -0.2) is 4.39 Å². The first-order valence-electron chi connectivity index (χ1n) is 7.53. The second-order valence-corrected chi connectivity index (χ2v) is 5.08. The molecule has 6 nitrogen and oxygen atoms in total. The Morgan fingerprint density at radius 1 is 1.04 bits per heavy atom. The number of rotatable bonds is 6. The minimum atomic E-state index is -0.577. The zero-order chi connectivity index (χ0) is 18.1. The number of hydrogen-bond acceptors (Lipinski definition) is 4. The number of carbonyl (C=O) groups excluding carboxylic acids is 2. The summed E-state index contributed by atoms with van der Waals surface area (Å²) in [6.45, 7) is -0.355. The summed E-state index contributed by atoms with van der Waals surface area (Å²) in [6, 6.07) is 14.6. The van der Waals surface area contributed by atoms with E-state index in [9.17, 15) is 14.0 Å². The molecule has 0 fully saturated rings. The van der Waals surface area contributed by atoms with Crippen LogP contribution >= 0.6 is 0 Å². The number of carbonyl (C=O) groups is 2. The van der Waals surface area contributed by atoms with Crippen molar-refractivity contribution in [2.45, 2.75) is 12.8 Å². The lowest BCUT2D eigenvalue weighted by atomic mass is 10.1. The molecule has 2 rings (SSSR count).